The van der Waals surface area contributed by atoms with Gasteiger partial charge in [0, 0.05) is 6.07 Å². The Balaban J connectivity index is 1.97. The van der Waals surface area contributed by atoms with Crippen molar-refractivity contribution in [2.24, 2.45) is 5.41 Å². The van der Waals surface area contributed by atoms with Gasteiger partial charge in [-0.15, -0.1) is 0 Å². The minimum absolute atomic E-state index is 0.0190. The van der Waals surface area contributed by atoms with E-state index in [4.69, 9.17) is 16.3 Å². The summed E-state index contributed by atoms with van der Waals surface area (Å²) in [4.78, 5) is 24.9. The number of hydrogen-bond acceptors (Lipinski definition) is 5. The highest BCUT2D eigenvalue weighted by molar-refractivity contribution is 6.32. The van der Waals surface area contributed by atoms with Gasteiger partial charge in [-0.3, -0.25) is 9.59 Å². The molecule has 3 aromatic rings. The number of aliphatic hydroxyl groups is 1. The molecule has 2 atom stereocenters. The zero-order valence-corrected chi connectivity index (χ0v) is 22.8. The SMILES string of the molecule is Cc1ccc([C@H](CC(=O)O)NC(=O)c2cc(OC[C@](C)(O)C(C)(C)C)n(-c3ccccc3Cl)n2)c(C)c1. The summed E-state index contributed by atoms with van der Waals surface area (Å²) in [5.74, 6) is -1.39. The van der Waals surface area contributed by atoms with Gasteiger partial charge in [0.05, 0.1) is 23.2 Å². The summed E-state index contributed by atoms with van der Waals surface area (Å²) in [5.41, 5.74) is 1.48. The number of benzene rings is 2. The van der Waals surface area contributed by atoms with Gasteiger partial charge in [0.25, 0.3) is 5.91 Å². The first-order chi connectivity index (χ1) is 17.2. The third kappa shape index (κ3) is 6.70. The molecule has 0 aliphatic heterocycles. The predicted molar refractivity (Wildman–Crippen MR) is 143 cm³/mol. The molecule has 37 heavy (non-hydrogen) atoms. The molecule has 9 heteroatoms. The summed E-state index contributed by atoms with van der Waals surface area (Å²) >= 11 is 6.40. The Kier molecular flexibility index (Phi) is 8.35. The second kappa shape index (κ2) is 10.9. The van der Waals surface area contributed by atoms with E-state index in [0.29, 0.717) is 16.3 Å². The van der Waals surface area contributed by atoms with Gasteiger partial charge in [-0.1, -0.05) is 68.3 Å². The zero-order valence-electron chi connectivity index (χ0n) is 22.0. The predicted octanol–water partition coefficient (Wildman–Crippen LogP) is 5.26. The number of aromatic nitrogens is 2. The van der Waals surface area contributed by atoms with E-state index in [1.807, 2.05) is 52.8 Å². The van der Waals surface area contributed by atoms with Gasteiger partial charge < -0.3 is 20.3 Å². The second-order valence-electron chi connectivity index (χ2n) is 10.5. The maximum Gasteiger partial charge on any atom is 0.305 e. The third-order valence-electron chi connectivity index (χ3n) is 6.59. The van der Waals surface area contributed by atoms with E-state index in [-0.39, 0.29) is 24.6 Å². The number of amides is 1. The molecule has 0 bridgehead atoms. The van der Waals surface area contributed by atoms with Crippen LogP contribution in [0, 0.1) is 19.3 Å². The molecule has 1 heterocycles. The maximum absolute atomic E-state index is 13.3. The van der Waals surface area contributed by atoms with Gasteiger partial charge in [-0.25, -0.2) is 0 Å². The number of carboxylic acids is 1. The van der Waals surface area contributed by atoms with Crippen molar-refractivity contribution in [1.82, 2.24) is 15.1 Å². The normalized spacial score (nSPS) is 14.1. The number of ether oxygens (including phenoxy) is 1. The highest BCUT2D eigenvalue weighted by Crippen LogP contribution is 2.32. The minimum atomic E-state index is -1.18. The van der Waals surface area contributed by atoms with Crippen molar-refractivity contribution in [3.8, 4) is 11.6 Å². The fraction of sp³-hybridized carbons (Fsp3) is 0.393. The van der Waals surface area contributed by atoms with Crippen LogP contribution in [-0.4, -0.2) is 44.1 Å². The minimum Gasteiger partial charge on any atom is -0.481 e. The van der Waals surface area contributed by atoms with Crippen molar-refractivity contribution in [2.45, 2.75) is 59.6 Å². The lowest BCUT2D eigenvalue weighted by molar-refractivity contribution is -0.137. The highest BCUT2D eigenvalue weighted by atomic mass is 35.5. The summed E-state index contributed by atoms with van der Waals surface area (Å²) < 4.78 is 7.37. The Morgan fingerprint density at radius 1 is 1.11 bits per heavy atom. The molecule has 198 valence electrons. The van der Waals surface area contributed by atoms with Gasteiger partial charge in [0.15, 0.2) is 5.69 Å². The van der Waals surface area contributed by atoms with Crippen LogP contribution in [0.3, 0.4) is 0 Å². The summed E-state index contributed by atoms with van der Waals surface area (Å²) in [6, 6.07) is 13.3. The molecular formula is C28H34ClN3O5. The highest BCUT2D eigenvalue weighted by Gasteiger charge is 2.36. The van der Waals surface area contributed by atoms with E-state index in [1.54, 1.807) is 31.2 Å². The number of halogens is 1. The lowest BCUT2D eigenvalue weighted by Gasteiger charge is -2.36. The fourth-order valence-electron chi connectivity index (χ4n) is 3.67. The molecule has 1 aromatic heterocycles. The van der Waals surface area contributed by atoms with Crippen molar-refractivity contribution in [3.63, 3.8) is 0 Å². The maximum atomic E-state index is 13.3. The van der Waals surface area contributed by atoms with Crippen LogP contribution in [0.4, 0.5) is 0 Å². The van der Waals surface area contributed by atoms with E-state index in [1.165, 1.54) is 10.7 Å². The molecule has 0 aliphatic rings. The topological polar surface area (TPSA) is 114 Å². The number of carbonyl (C=O) groups excluding carboxylic acids is 1. The molecule has 0 saturated carbocycles. The zero-order chi connectivity index (χ0) is 27.5. The molecule has 1 amide bonds. The van der Waals surface area contributed by atoms with Crippen molar-refractivity contribution in [3.05, 3.63) is 75.9 Å². The van der Waals surface area contributed by atoms with Gasteiger partial charge in [-0.2, -0.15) is 9.78 Å². The van der Waals surface area contributed by atoms with Crippen LogP contribution in [0.15, 0.2) is 48.5 Å². The van der Waals surface area contributed by atoms with Gasteiger partial charge in [0.1, 0.15) is 12.2 Å². The largest absolute Gasteiger partial charge is 0.481 e. The van der Waals surface area contributed by atoms with Crippen LogP contribution in [0.25, 0.3) is 5.69 Å². The van der Waals surface area contributed by atoms with Crippen LogP contribution in [0.5, 0.6) is 5.88 Å². The number of hydrogen-bond donors (Lipinski definition) is 3. The van der Waals surface area contributed by atoms with Gasteiger partial charge >= 0.3 is 5.97 Å². The summed E-state index contributed by atoms with van der Waals surface area (Å²) in [6.45, 7) is 11.1. The van der Waals surface area contributed by atoms with Crippen molar-refractivity contribution in [1.29, 1.82) is 0 Å². The van der Waals surface area contributed by atoms with Crippen LogP contribution >= 0.6 is 11.6 Å². The van der Waals surface area contributed by atoms with E-state index < -0.39 is 28.9 Å². The number of para-hydroxylation sites is 1. The monoisotopic (exact) mass is 527 g/mol. The average Bonchev–Trinajstić information content (AvgIpc) is 3.21. The van der Waals surface area contributed by atoms with E-state index in [9.17, 15) is 19.8 Å². The number of nitrogens with one attached hydrogen (secondary N) is 1. The van der Waals surface area contributed by atoms with Crippen molar-refractivity contribution < 1.29 is 24.5 Å². The number of aliphatic carboxylic acids is 1. The van der Waals surface area contributed by atoms with Crippen molar-refractivity contribution in [2.75, 3.05) is 6.61 Å². The summed E-state index contributed by atoms with van der Waals surface area (Å²) in [6.07, 6.45) is -0.293. The molecule has 0 fully saturated rings. The Hall–Kier alpha value is -3.36. The number of rotatable bonds is 9. The molecule has 2 aromatic carbocycles. The van der Waals surface area contributed by atoms with Crippen LogP contribution in [-0.2, 0) is 4.79 Å². The molecular weight excluding hydrogens is 494 g/mol. The summed E-state index contributed by atoms with van der Waals surface area (Å²) in [7, 11) is 0. The van der Waals surface area contributed by atoms with Crippen LogP contribution in [0.2, 0.25) is 5.02 Å². The quantitative estimate of drug-likeness (QED) is 0.349. The molecule has 0 unspecified atom stereocenters. The molecule has 0 saturated heterocycles. The Bertz CT molecular complexity index is 1290. The van der Waals surface area contributed by atoms with E-state index in [2.05, 4.69) is 10.4 Å². The Morgan fingerprint density at radius 3 is 2.38 bits per heavy atom. The van der Waals surface area contributed by atoms with Crippen molar-refractivity contribution >= 4 is 23.5 Å². The average molecular weight is 528 g/mol. The van der Waals surface area contributed by atoms with Crippen LogP contribution in [0.1, 0.15) is 67.3 Å². The molecule has 0 aliphatic carbocycles. The van der Waals surface area contributed by atoms with Gasteiger partial charge in [0.2, 0.25) is 5.88 Å². The molecule has 3 rings (SSSR count). The first-order valence-electron chi connectivity index (χ1n) is 12.0. The Labute approximate surface area is 222 Å². The Morgan fingerprint density at radius 2 is 1.78 bits per heavy atom. The third-order valence-corrected chi connectivity index (χ3v) is 6.91. The first kappa shape index (κ1) is 28.2. The summed E-state index contributed by atoms with van der Waals surface area (Å²) in [5, 5.41) is 28.0. The molecule has 0 spiro atoms. The lowest BCUT2D eigenvalue weighted by atomic mass is 9.78. The molecule has 8 nitrogen and oxygen atoms in total. The van der Waals surface area contributed by atoms with Gasteiger partial charge in [-0.05, 0) is 49.4 Å². The van der Waals surface area contributed by atoms with E-state index >= 15 is 0 Å². The lowest BCUT2D eigenvalue weighted by Crippen LogP contribution is -2.45. The number of carboxylic acid groups (broad SMARTS) is 1. The molecule has 0 radical (unpaired) electrons. The van der Waals surface area contributed by atoms with E-state index in [0.717, 1.165) is 11.1 Å². The smallest absolute Gasteiger partial charge is 0.305 e. The standard InChI is InChI=1S/C28H34ClN3O5/c1-17-11-12-19(18(2)13-17)21(15-25(33)34)30-26(35)22-14-24(37-16-28(6,36)27(3,4)5)32(31-22)23-10-8-7-9-20(23)29/h7-14,21,36H,15-16H2,1-6H3,(H,30,35)(H,33,34)/t21-,28-/m0/s1. The number of aryl methyl sites for hydroxylation is 2. The number of carbonyl (C=O) groups is 2. The second-order valence-corrected chi connectivity index (χ2v) is 10.9. The number of nitrogens with zero attached hydrogens (tertiary/aromatic N) is 2. The molecule has 3 N–H and O–H groups in total. The fourth-order valence-corrected chi connectivity index (χ4v) is 3.88. The first-order valence-corrected chi connectivity index (χ1v) is 12.4. The van der Waals surface area contributed by atoms with Crippen LogP contribution < -0.4 is 10.1 Å².